The van der Waals surface area contributed by atoms with Crippen LogP contribution in [0.1, 0.15) is 28.5 Å². The first-order valence-electron chi connectivity index (χ1n) is 8.85. The topological polar surface area (TPSA) is 56.1 Å². The van der Waals surface area contributed by atoms with Gasteiger partial charge in [0, 0.05) is 18.3 Å². The smallest absolute Gasteiger partial charge is 0.349 e. The molecule has 0 amide bonds. The fraction of sp³-hybridized carbons (Fsp3) is 0.316. The lowest BCUT2D eigenvalue weighted by molar-refractivity contribution is -0.138. The van der Waals surface area contributed by atoms with E-state index in [0.717, 1.165) is 12.1 Å². The molecule has 0 bridgehead atoms. The number of aromatic nitrogens is 4. The van der Waals surface area contributed by atoms with Crippen LogP contribution in [-0.4, -0.2) is 37.8 Å². The molecule has 0 saturated carbocycles. The maximum atomic E-state index is 13.5. The van der Waals surface area contributed by atoms with Gasteiger partial charge in [0.05, 0.1) is 30.1 Å². The van der Waals surface area contributed by atoms with Crippen molar-refractivity contribution in [3.05, 3.63) is 71.1 Å². The quantitative estimate of drug-likeness (QED) is 0.643. The maximum Gasteiger partial charge on any atom is 0.416 e. The van der Waals surface area contributed by atoms with E-state index in [-0.39, 0.29) is 0 Å². The van der Waals surface area contributed by atoms with Crippen molar-refractivity contribution in [2.24, 2.45) is 0 Å². The molecule has 28 heavy (non-hydrogen) atoms. The Hall–Kier alpha value is -2.78. The largest absolute Gasteiger partial charge is 0.416 e. The van der Waals surface area contributed by atoms with Gasteiger partial charge in [0.25, 0.3) is 0 Å². The summed E-state index contributed by atoms with van der Waals surface area (Å²) in [5.74, 6) is 1.26. The first-order chi connectivity index (χ1) is 13.4. The third-order valence-corrected chi connectivity index (χ3v) is 5.28. The molecular weight excluding hydrogens is 371 g/mol. The van der Waals surface area contributed by atoms with E-state index in [4.69, 9.17) is 4.74 Å². The minimum atomic E-state index is -4.47. The van der Waals surface area contributed by atoms with Crippen LogP contribution in [0, 0.1) is 6.92 Å². The van der Waals surface area contributed by atoms with Crippen molar-refractivity contribution >= 4 is 0 Å². The van der Waals surface area contributed by atoms with Crippen LogP contribution >= 0.6 is 0 Å². The number of aryl methyl sites for hydroxylation is 1. The van der Waals surface area contributed by atoms with Crippen LogP contribution in [0.4, 0.5) is 13.2 Å². The van der Waals surface area contributed by atoms with E-state index in [9.17, 15) is 13.2 Å². The molecule has 3 aromatic rings. The van der Waals surface area contributed by atoms with Gasteiger partial charge >= 0.3 is 6.18 Å². The van der Waals surface area contributed by atoms with Crippen molar-refractivity contribution in [3.8, 4) is 5.69 Å². The number of ether oxygens (including phenoxy) is 1. The molecular formula is C19H16F3N5O. The van der Waals surface area contributed by atoms with Crippen LogP contribution in [0.25, 0.3) is 5.69 Å². The second kappa shape index (κ2) is 5.86. The number of hydrogen-bond acceptors (Lipinski definition) is 5. The van der Waals surface area contributed by atoms with Gasteiger partial charge in [-0.1, -0.05) is 6.07 Å². The third kappa shape index (κ3) is 2.33. The van der Waals surface area contributed by atoms with E-state index in [1.807, 2.05) is 4.90 Å². The lowest BCUT2D eigenvalue weighted by Crippen LogP contribution is -2.43. The molecule has 5 rings (SSSR count). The molecule has 0 radical (unpaired) electrons. The highest BCUT2D eigenvalue weighted by atomic mass is 19.4. The van der Waals surface area contributed by atoms with Crippen LogP contribution in [-0.2, 0) is 23.2 Å². The average molecular weight is 387 g/mol. The average Bonchev–Trinajstić information content (AvgIpc) is 3.23. The highest BCUT2D eigenvalue weighted by molar-refractivity contribution is 5.53. The first kappa shape index (κ1) is 17.3. The minimum absolute atomic E-state index is 0.374. The van der Waals surface area contributed by atoms with Crippen LogP contribution < -0.4 is 0 Å². The van der Waals surface area contributed by atoms with Gasteiger partial charge in [-0.15, -0.1) is 10.2 Å². The van der Waals surface area contributed by atoms with Gasteiger partial charge < -0.3 is 4.74 Å². The zero-order chi connectivity index (χ0) is 19.5. The number of alkyl halides is 3. The van der Waals surface area contributed by atoms with E-state index < -0.39 is 17.5 Å². The molecule has 1 saturated heterocycles. The summed E-state index contributed by atoms with van der Waals surface area (Å²) < 4.78 is 48.6. The number of benzene rings is 1. The van der Waals surface area contributed by atoms with Crippen LogP contribution in [0.2, 0.25) is 0 Å². The van der Waals surface area contributed by atoms with Crippen LogP contribution in [0.15, 0.2) is 42.6 Å². The summed E-state index contributed by atoms with van der Waals surface area (Å²) >= 11 is 0. The predicted octanol–water partition coefficient (Wildman–Crippen LogP) is 3.04. The first-order valence-corrected chi connectivity index (χ1v) is 8.85. The number of halogens is 3. The van der Waals surface area contributed by atoms with Crippen molar-refractivity contribution in [1.29, 1.82) is 0 Å². The summed E-state index contributed by atoms with van der Waals surface area (Å²) in [7, 11) is 0. The molecule has 0 spiro atoms. The highest BCUT2D eigenvalue weighted by Crippen LogP contribution is 2.46. The molecule has 2 aliphatic rings. The van der Waals surface area contributed by atoms with Crippen molar-refractivity contribution < 1.29 is 17.9 Å². The molecule has 9 heteroatoms. The Morgan fingerprint density at radius 3 is 2.75 bits per heavy atom. The number of fused-ring (bicyclic) bond motifs is 5. The normalized spacial score (nSPS) is 21.7. The molecule has 6 nitrogen and oxygen atoms in total. The van der Waals surface area contributed by atoms with Gasteiger partial charge in [0.1, 0.15) is 5.82 Å². The molecule has 4 heterocycles. The zero-order valence-corrected chi connectivity index (χ0v) is 14.9. The monoisotopic (exact) mass is 387 g/mol. The van der Waals surface area contributed by atoms with Crippen molar-refractivity contribution in [2.75, 3.05) is 13.2 Å². The summed E-state index contributed by atoms with van der Waals surface area (Å²) in [4.78, 5) is 6.42. The number of nitrogens with zero attached hydrogens (tertiary/aromatic N) is 5. The van der Waals surface area contributed by atoms with Gasteiger partial charge in [-0.2, -0.15) is 13.2 Å². The van der Waals surface area contributed by atoms with Gasteiger partial charge in [0.2, 0.25) is 0 Å². The van der Waals surface area contributed by atoms with Crippen molar-refractivity contribution in [3.63, 3.8) is 0 Å². The Kier molecular flexibility index (Phi) is 3.62. The number of pyridine rings is 1. The molecule has 2 aliphatic heterocycles. The second-order valence-electron chi connectivity index (χ2n) is 6.86. The standard InChI is InChI=1S/C19H16F3N5O/c1-12-24-25-17-11-26-8-9-28-18(26,16-4-2-3-7-23-16)14-10-13(19(20,21)22)5-6-15(14)27(12)17/h2-7,10H,8-9,11H2,1H3. The maximum absolute atomic E-state index is 13.5. The zero-order valence-electron chi connectivity index (χ0n) is 14.9. The number of hydrogen-bond donors (Lipinski definition) is 0. The second-order valence-corrected chi connectivity index (χ2v) is 6.86. The minimum Gasteiger partial charge on any atom is -0.349 e. The van der Waals surface area contributed by atoms with Gasteiger partial charge in [0.15, 0.2) is 11.5 Å². The predicted molar refractivity (Wildman–Crippen MR) is 92.5 cm³/mol. The molecule has 1 aromatic carbocycles. The molecule has 1 unspecified atom stereocenters. The lowest BCUT2D eigenvalue weighted by Gasteiger charge is -2.36. The molecule has 0 N–H and O–H groups in total. The van der Waals surface area contributed by atoms with E-state index in [0.29, 0.717) is 48.3 Å². The Bertz CT molecular complexity index is 1050. The Morgan fingerprint density at radius 1 is 1.14 bits per heavy atom. The van der Waals surface area contributed by atoms with E-state index >= 15 is 0 Å². The van der Waals surface area contributed by atoms with E-state index in [1.165, 1.54) is 6.07 Å². The fourth-order valence-electron chi connectivity index (χ4n) is 4.10. The van der Waals surface area contributed by atoms with E-state index in [1.54, 1.807) is 35.9 Å². The highest BCUT2D eigenvalue weighted by Gasteiger charge is 2.51. The van der Waals surface area contributed by atoms with Gasteiger partial charge in [-0.3, -0.25) is 14.5 Å². The van der Waals surface area contributed by atoms with E-state index in [2.05, 4.69) is 15.2 Å². The molecule has 0 aliphatic carbocycles. The summed E-state index contributed by atoms with van der Waals surface area (Å²) in [5.41, 5.74) is -0.443. The third-order valence-electron chi connectivity index (χ3n) is 5.28. The Morgan fingerprint density at radius 2 is 2.00 bits per heavy atom. The molecule has 144 valence electrons. The molecule has 1 fully saturated rings. The Labute approximate surface area is 158 Å². The molecule has 2 aromatic heterocycles. The van der Waals surface area contributed by atoms with Crippen LogP contribution in [0.3, 0.4) is 0 Å². The Balaban J connectivity index is 1.87. The SMILES string of the molecule is Cc1nnc2n1-c1ccc(C(F)(F)F)cc1C1(c3ccccn3)OCCN1C2. The molecule has 1 atom stereocenters. The fourth-order valence-corrected chi connectivity index (χ4v) is 4.10. The summed E-state index contributed by atoms with van der Waals surface area (Å²) in [5, 5.41) is 8.37. The van der Waals surface area contributed by atoms with Crippen LogP contribution in [0.5, 0.6) is 0 Å². The summed E-state index contributed by atoms with van der Waals surface area (Å²) in [6.45, 7) is 3.08. The lowest BCUT2D eigenvalue weighted by atomic mass is 9.93. The van der Waals surface area contributed by atoms with Gasteiger partial charge in [-0.05, 0) is 37.3 Å². The van der Waals surface area contributed by atoms with Crippen molar-refractivity contribution in [1.82, 2.24) is 24.6 Å². The van der Waals surface area contributed by atoms with Crippen molar-refractivity contribution in [2.45, 2.75) is 25.4 Å². The summed E-state index contributed by atoms with van der Waals surface area (Å²) in [6, 6.07) is 9.06. The van der Waals surface area contributed by atoms with Gasteiger partial charge in [-0.25, -0.2) is 0 Å². The number of rotatable bonds is 1. The summed E-state index contributed by atoms with van der Waals surface area (Å²) in [6.07, 6.45) is -2.85.